The lowest BCUT2D eigenvalue weighted by Crippen LogP contribution is -2.66. The largest absolute Gasteiger partial charge is 0.455 e. The Morgan fingerprint density at radius 1 is 0.550 bits per heavy atom. The van der Waals surface area contributed by atoms with Crippen molar-refractivity contribution >= 4 is 50.6 Å². The van der Waals surface area contributed by atoms with E-state index >= 15 is 0 Å². The van der Waals surface area contributed by atoms with Gasteiger partial charge in [-0.3, -0.25) is 0 Å². The summed E-state index contributed by atoms with van der Waals surface area (Å²) in [5, 5.41) is 6.07. The summed E-state index contributed by atoms with van der Waals surface area (Å²) in [7, 11) is -2.45. The molecule has 6 aromatic rings. The van der Waals surface area contributed by atoms with Gasteiger partial charge < -0.3 is 4.42 Å². The van der Waals surface area contributed by atoms with Gasteiger partial charge in [0.2, 0.25) is 5.69 Å². The summed E-state index contributed by atoms with van der Waals surface area (Å²) >= 11 is 0. The molecule has 6 rings (SSSR count). The van der Waals surface area contributed by atoms with E-state index in [0.717, 1.165) is 21.9 Å². The van der Waals surface area contributed by atoms with Crippen molar-refractivity contribution in [3.63, 3.8) is 0 Å². The van der Waals surface area contributed by atoms with Crippen molar-refractivity contribution in [3.05, 3.63) is 132 Å². The lowest BCUT2D eigenvalue weighted by Gasteiger charge is -2.23. The van der Waals surface area contributed by atoms with Crippen molar-refractivity contribution in [2.45, 2.75) is 47.0 Å². The van der Waals surface area contributed by atoms with Gasteiger partial charge in [-0.15, -0.1) is 0 Å². The quantitative estimate of drug-likeness (QED) is 0.210. The maximum absolute atomic E-state index is 6.71. The van der Waals surface area contributed by atoms with Crippen LogP contribution in [0.15, 0.2) is 126 Å². The molecule has 1 aromatic heterocycles. The summed E-state index contributed by atoms with van der Waals surface area (Å²) in [6.07, 6.45) is 0. The molecule has 0 saturated carbocycles. The van der Waals surface area contributed by atoms with Crippen LogP contribution in [0.4, 0.5) is 5.69 Å². The Balaban J connectivity index is 0.00000323. The highest BCUT2D eigenvalue weighted by molar-refractivity contribution is 7.85. The van der Waals surface area contributed by atoms with Gasteiger partial charge in [0.1, 0.15) is 11.2 Å². The van der Waals surface area contributed by atoms with Crippen molar-refractivity contribution < 1.29 is 9.16 Å². The van der Waals surface area contributed by atoms with E-state index in [-0.39, 0.29) is 7.43 Å². The average Bonchev–Trinajstić information content (AvgIpc) is 3.36. The number of furan rings is 1. The predicted octanol–water partition coefficient (Wildman–Crippen LogP) is 8.36. The topological polar surface area (TPSA) is 27.1 Å². The molecule has 0 atom stereocenters. The van der Waals surface area contributed by atoms with Crippen LogP contribution >= 0.6 is 7.05 Å². The van der Waals surface area contributed by atoms with Crippen LogP contribution in [0.1, 0.15) is 58.1 Å². The summed E-state index contributed by atoms with van der Waals surface area (Å²) in [6, 6.07) is 43.8. The fourth-order valence-electron chi connectivity index (χ4n) is 5.76. The van der Waals surface area contributed by atoms with E-state index in [4.69, 9.17) is 4.42 Å². The molecule has 0 spiro atoms. The van der Waals surface area contributed by atoms with Crippen LogP contribution < -0.4 is 20.7 Å². The van der Waals surface area contributed by atoms with E-state index in [2.05, 4.69) is 148 Å². The number of rotatable bonds is 6. The van der Waals surface area contributed by atoms with E-state index in [1.54, 1.807) is 0 Å². The SMILES string of the molecule is C.CC(C)c1cccc(C(C)C)c1[NH+]=P(c1ccccc1)(c1ccccc1)c1cccc2c1oc1ccccc12. The van der Waals surface area contributed by atoms with Crippen LogP contribution in [0.3, 0.4) is 0 Å². The molecule has 0 aliphatic carbocycles. The summed E-state index contributed by atoms with van der Waals surface area (Å²) in [6.45, 7) is 9.15. The highest BCUT2D eigenvalue weighted by Gasteiger charge is 2.38. The van der Waals surface area contributed by atoms with Gasteiger partial charge >= 0.3 is 0 Å². The van der Waals surface area contributed by atoms with E-state index < -0.39 is 7.05 Å². The van der Waals surface area contributed by atoms with Crippen LogP contribution in [-0.4, -0.2) is 0 Å². The molecule has 5 aromatic carbocycles. The zero-order valence-electron chi connectivity index (χ0n) is 23.1. The molecule has 0 radical (unpaired) electrons. The molecule has 0 amide bonds. The lowest BCUT2D eigenvalue weighted by molar-refractivity contribution is -0.328. The van der Waals surface area contributed by atoms with Gasteiger partial charge in [-0.1, -0.05) is 120 Å². The van der Waals surface area contributed by atoms with Crippen molar-refractivity contribution in [1.82, 2.24) is 0 Å². The van der Waals surface area contributed by atoms with Crippen LogP contribution in [0.2, 0.25) is 0 Å². The normalized spacial score (nSPS) is 11.8. The molecule has 202 valence electrons. The maximum Gasteiger partial charge on any atom is 0.206 e. The molecule has 0 aliphatic rings. The smallest absolute Gasteiger partial charge is 0.206 e. The van der Waals surface area contributed by atoms with Crippen LogP contribution in [0.25, 0.3) is 21.9 Å². The van der Waals surface area contributed by atoms with Gasteiger partial charge in [0.05, 0.1) is 5.30 Å². The van der Waals surface area contributed by atoms with E-state index in [0.29, 0.717) is 11.8 Å². The minimum atomic E-state index is -2.45. The van der Waals surface area contributed by atoms with Gasteiger partial charge in [0.25, 0.3) is 0 Å². The zero-order valence-corrected chi connectivity index (χ0v) is 24.0. The molecule has 40 heavy (non-hydrogen) atoms. The van der Waals surface area contributed by atoms with Crippen LogP contribution in [0, 0.1) is 0 Å². The number of fused-ring (bicyclic) bond motifs is 3. The molecule has 0 bridgehead atoms. The first kappa shape index (κ1) is 27.7. The first-order valence-electron chi connectivity index (χ1n) is 13.8. The van der Waals surface area contributed by atoms with Gasteiger partial charge in [-0.2, -0.15) is 0 Å². The van der Waals surface area contributed by atoms with Crippen molar-refractivity contribution in [3.8, 4) is 0 Å². The Hall–Kier alpha value is -3.87. The van der Waals surface area contributed by atoms with Crippen LogP contribution in [-0.2, 0) is 0 Å². The first-order chi connectivity index (χ1) is 19.0. The molecule has 0 aliphatic heterocycles. The van der Waals surface area contributed by atoms with E-state index in [1.165, 1.54) is 32.7 Å². The summed E-state index contributed by atoms with van der Waals surface area (Å²) in [4.78, 5) is 0. The number of benzene rings is 5. The Bertz CT molecular complexity index is 1740. The number of para-hydroxylation sites is 3. The minimum absolute atomic E-state index is 0. The molecule has 0 unspecified atom stereocenters. The number of hydrogen-bond donors (Lipinski definition) is 1. The molecule has 0 saturated heterocycles. The average molecular weight is 545 g/mol. The third-order valence-electron chi connectivity index (χ3n) is 7.68. The van der Waals surface area contributed by atoms with Gasteiger partial charge in [0.15, 0.2) is 7.05 Å². The third-order valence-corrected chi connectivity index (χ3v) is 11.5. The molecular formula is C37H39NOP+. The Morgan fingerprint density at radius 3 is 1.62 bits per heavy atom. The second kappa shape index (κ2) is 11.3. The maximum atomic E-state index is 6.71. The molecule has 1 N–H and O–H groups in total. The monoisotopic (exact) mass is 544 g/mol. The van der Waals surface area contributed by atoms with Crippen molar-refractivity contribution in [2.24, 2.45) is 0 Å². The van der Waals surface area contributed by atoms with Crippen molar-refractivity contribution in [2.75, 3.05) is 0 Å². The van der Waals surface area contributed by atoms with Gasteiger partial charge in [0, 0.05) is 32.5 Å². The highest BCUT2D eigenvalue weighted by Crippen LogP contribution is 2.44. The fraction of sp³-hybridized carbons (Fsp3) is 0.189. The molecular weight excluding hydrogens is 505 g/mol. The molecule has 0 fully saturated rings. The second-order valence-corrected chi connectivity index (χ2v) is 13.9. The van der Waals surface area contributed by atoms with E-state index in [9.17, 15) is 0 Å². The number of nitrogens with one attached hydrogen (secondary N) is 1. The Kier molecular flexibility index (Phi) is 7.83. The molecule has 1 heterocycles. The second-order valence-electron chi connectivity index (χ2n) is 10.8. The predicted molar refractivity (Wildman–Crippen MR) is 174 cm³/mol. The number of hydrogen-bond acceptors (Lipinski definition) is 1. The van der Waals surface area contributed by atoms with Crippen molar-refractivity contribution in [1.29, 1.82) is 0 Å². The Labute approximate surface area is 238 Å². The van der Waals surface area contributed by atoms with E-state index in [1.807, 2.05) is 6.07 Å². The minimum Gasteiger partial charge on any atom is -0.455 e. The highest BCUT2D eigenvalue weighted by atomic mass is 31.2. The summed E-state index contributed by atoms with van der Waals surface area (Å²) in [5.41, 5.74) is 5.81. The summed E-state index contributed by atoms with van der Waals surface area (Å²) in [5.74, 6) is 0.753. The van der Waals surface area contributed by atoms with Crippen LogP contribution in [0.5, 0.6) is 0 Å². The van der Waals surface area contributed by atoms with Gasteiger partial charge in [-0.25, -0.2) is 4.74 Å². The first-order valence-corrected chi connectivity index (χ1v) is 15.6. The Morgan fingerprint density at radius 2 is 1.05 bits per heavy atom. The third kappa shape index (κ3) is 4.61. The lowest BCUT2D eigenvalue weighted by atomic mass is 9.93. The fourth-order valence-corrected chi connectivity index (χ4v) is 9.61. The zero-order chi connectivity index (χ0) is 27.0. The van der Waals surface area contributed by atoms with Gasteiger partial charge in [-0.05, 0) is 48.2 Å². The molecule has 3 heteroatoms. The molecule has 2 nitrogen and oxygen atoms in total. The standard InChI is InChI=1S/C36H34NOP.CH4/c1-25(2)29-20-13-21-30(26(3)4)35(29)37-39(27-15-7-5-8-16-27,28-17-9-6-10-18-28)34-24-14-22-32-31-19-11-12-23-33(31)38-36(32)34;/h5-26H,1-4H3;1H4/p+1. The summed E-state index contributed by atoms with van der Waals surface area (Å²) < 4.78 is 11.0.